The van der Waals surface area contributed by atoms with E-state index in [0.29, 0.717) is 19.3 Å². The van der Waals surface area contributed by atoms with E-state index in [1.165, 1.54) is 212 Å². The average molecular weight is 1100 g/mol. The summed E-state index contributed by atoms with van der Waals surface area (Å²) in [7, 11) is 0. The van der Waals surface area contributed by atoms with E-state index in [9.17, 15) is 14.4 Å². The molecule has 0 rings (SSSR count). The largest absolute Gasteiger partial charge is 0.462 e. The van der Waals surface area contributed by atoms with Crippen molar-refractivity contribution in [3.05, 3.63) is 72.9 Å². The standard InChI is InChI=1S/C73H130O6/c1-4-7-10-13-15-17-19-21-23-25-27-29-31-32-33-34-35-36-37-38-39-40-42-43-45-47-49-51-53-55-57-60-63-66-72(75)78-69-70(68-77-71(74)65-62-59-12-9-6-3)79-73(76)67-64-61-58-56-54-52-50-48-46-44-41-30-28-26-24-22-20-18-16-14-11-8-5-2/h8,11,16,18,22,24-25,27-28,30,44,46,70H,4-7,9-10,12-15,17,19-21,23,26,29,31-43,45,47-69H2,1-3H3/b11-8-,18-16-,24-22-,27-25-,30-28-,46-44-. The molecule has 1 atom stereocenters. The van der Waals surface area contributed by atoms with E-state index < -0.39 is 6.10 Å². The Morgan fingerprint density at radius 2 is 0.494 bits per heavy atom. The molecule has 6 heteroatoms. The first-order valence-corrected chi connectivity index (χ1v) is 34.4. The molecule has 0 N–H and O–H groups in total. The van der Waals surface area contributed by atoms with Crippen LogP contribution < -0.4 is 0 Å². The van der Waals surface area contributed by atoms with Crippen LogP contribution in [0.1, 0.15) is 355 Å². The van der Waals surface area contributed by atoms with E-state index in [-0.39, 0.29) is 31.1 Å². The summed E-state index contributed by atoms with van der Waals surface area (Å²) in [6, 6.07) is 0. The monoisotopic (exact) mass is 1100 g/mol. The third kappa shape index (κ3) is 65.5. The first-order chi connectivity index (χ1) is 39.0. The summed E-state index contributed by atoms with van der Waals surface area (Å²) in [5, 5.41) is 0. The van der Waals surface area contributed by atoms with Crippen LogP contribution in [0, 0.1) is 0 Å². The number of esters is 3. The van der Waals surface area contributed by atoms with Crippen LogP contribution in [0.15, 0.2) is 72.9 Å². The second-order valence-corrected chi connectivity index (χ2v) is 23.1. The Kier molecular flexibility index (Phi) is 64.7. The molecule has 0 fully saturated rings. The highest BCUT2D eigenvalue weighted by Crippen LogP contribution is 2.18. The zero-order chi connectivity index (χ0) is 57.1. The molecule has 0 aromatic carbocycles. The van der Waals surface area contributed by atoms with Crippen molar-refractivity contribution in [2.45, 2.75) is 361 Å². The van der Waals surface area contributed by atoms with Crippen LogP contribution in [0.5, 0.6) is 0 Å². The molecule has 0 aliphatic rings. The maximum absolute atomic E-state index is 12.8. The first kappa shape index (κ1) is 75.8. The van der Waals surface area contributed by atoms with Crippen LogP contribution in [0.25, 0.3) is 0 Å². The number of unbranched alkanes of at least 4 members (excludes halogenated alkanes) is 40. The first-order valence-electron chi connectivity index (χ1n) is 34.4. The number of rotatable bonds is 63. The van der Waals surface area contributed by atoms with Crippen molar-refractivity contribution in [1.29, 1.82) is 0 Å². The number of carbonyl (C=O) groups is 3. The van der Waals surface area contributed by atoms with Crippen molar-refractivity contribution in [3.8, 4) is 0 Å². The Morgan fingerprint density at radius 1 is 0.266 bits per heavy atom. The van der Waals surface area contributed by atoms with Crippen molar-refractivity contribution in [2.24, 2.45) is 0 Å². The summed E-state index contributed by atoms with van der Waals surface area (Å²) >= 11 is 0. The van der Waals surface area contributed by atoms with Gasteiger partial charge in [0.25, 0.3) is 0 Å². The van der Waals surface area contributed by atoms with Crippen LogP contribution in [0.4, 0.5) is 0 Å². The minimum Gasteiger partial charge on any atom is -0.462 e. The lowest BCUT2D eigenvalue weighted by atomic mass is 10.0. The maximum Gasteiger partial charge on any atom is 0.306 e. The minimum atomic E-state index is -0.778. The predicted octanol–water partition coefficient (Wildman–Crippen LogP) is 23.7. The Balaban J connectivity index is 3.95. The molecule has 0 spiro atoms. The molecule has 458 valence electrons. The summed E-state index contributed by atoms with van der Waals surface area (Å²) in [6.07, 6.45) is 88.5. The highest BCUT2D eigenvalue weighted by molar-refractivity contribution is 5.71. The second-order valence-electron chi connectivity index (χ2n) is 23.1. The fourth-order valence-corrected chi connectivity index (χ4v) is 10.1. The van der Waals surface area contributed by atoms with E-state index >= 15 is 0 Å². The van der Waals surface area contributed by atoms with E-state index in [2.05, 4.69) is 93.7 Å². The lowest BCUT2D eigenvalue weighted by molar-refractivity contribution is -0.167. The van der Waals surface area contributed by atoms with E-state index in [4.69, 9.17) is 14.2 Å². The molecular weight excluding hydrogens is 973 g/mol. The van der Waals surface area contributed by atoms with Crippen molar-refractivity contribution in [3.63, 3.8) is 0 Å². The summed E-state index contributed by atoms with van der Waals surface area (Å²) < 4.78 is 16.8. The Morgan fingerprint density at radius 3 is 0.785 bits per heavy atom. The van der Waals surface area contributed by atoms with Crippen LogP contribution in [0.2, 0.25) is 0 Å². The topological polar surface area (TPSA) is 78.9 Å². The smallest absolute Gasteiger partial charge is 0.306 e. The third-order valence-electron chi connectivity index (χ3n) is 15.2. The van der Waals surface area contributed by atoms with Crippen LogP contribution in [-0.2, 0) is 28.6 Å². The molecule has 0 radical (unpaired) electrons. The Bertz CT molecular complexity index is 1450. The summed E-state index contributed by atoms with van der Waals surface area (Å²) in [6.45, 7) is 6.47. The van der Waals surface area contributed by atoms with Gasteiger partial charge in [0.05, 0.1) is 0 Å². The van der Waals surface area contributed by atoms with Gasteiger partial charge >= 0.3 is 17.9 Å². The van der Waals surface area contributed by atoms with Gasteiger partial charge < -0.3 is 14.2 Å². The molecule has 1 unspecified atom stereocenters. The van der Waals surface area contributed by atoms with Gasteiger partial charge in [-0.3, -0.25) is 14.4 Å². The molecule has 0 amide bonds. The highest BCUT2D eigenvalue weighted by Gasteiger charge is 2.19. The van der Waals surface area contributed by atoms with Crippen LogP contribution >= 0.6 is 0 Å². The molecule has 0 aliphatic carbocycles. The summed E-state index contributed by atoms with van der Waals surface area (Å²) in [4.78, 5) is 38.0. The van der Waals surface area contributed by atoms with Crippen LogP contribution in [-0.4, -0.2) is 37.2 Å². The van der Waals surface area contributed by atoms with E-state index in [1.54, 1.807) is 0 Å². The Hall–Kier alpha value is -3.15. The minimum absolute atomic E-state index is 0.0771. The van der Waals surface area contributed by atoms with Crippen molar-refractivity contribution in [1.82, 2.24) is 0 Å². The molecule has 79 heavy (non-hydrogen) atoms. The van der Waals surface area contributed by atoms with E-state index in [0.717, 1.165) is 103 Å². The average Bonchev–Trinajstić information content (AvgIpc) is 3.45. The van der Waals surface area contributed by atoms with Gasteiger partial charge in [0.15, 0.2) is 6.10 Å². The van der Waals surface area contributed by atoms with Gasteiger partial charge in [-0.15, -0.1) is 0 Å². The molecule has 0 bridgehead atoms. The lowest BCUT2D eigenvalue weighted by Crippen LogP contribution is -2.30. The van der Waals surface area contributed by atoms with Crippen LogP contribution in [0.3, 0.4) is 0 Å². The van der Waals surface area contributed by atoms with Gasteiger partial charge in [0.1, 0.15) is 13.2 Å². The molecule has 0 heterocycles. The molecule has 0 saturated carbocycles. The van der Waals surface area contributed by atoms with Crippen molar-refractivity contribution >= 4 is 17.9 Å². The molecular formula is C73H130O6. The molecule has 0 aromatic rings. The molecule has 0 aromatic heterocycles. The number of carbonyl (C=O) groups excluding carboxylic acids is 3. The van der Waals surface area contributed by atoms with E-state index in [1.807, 2.05) is 0 Å². The van der Waals surface area contributed by atoms with Gasteiger partial charge in [-0.1, -0.05) is 318 Å². The number of allylic oxidation sites excluding steroid dienone is 12. The predicted molar refractivity (Wildman–Crippen MR) is 344 cm³/mol. The number of hydrogen-bond acceptors (Lipinski definition) is 6. The second kappa shape index (κ2) is 67.4. The molecule has 0 aliphatic heterocycles. The normalized spacial score (nSPS) is 12.5. The fourth-order valence-electron chi connectivity index (χ4n) is 10.1. The van der Waals surface area contributed by atoms with Crippen molar-refractivity contribution in [2.75, 3.05) is 13.2 Å². The van der Waals surface area contributed by atoms with Gasteiger partial charge in [0.2, 0.25) is 0 Å². The van der Waals surface area contributed by atoms with Gasteiger partial charge in [-0.05, 0) is 89.9 Å². The maximum atomic E-state index is 12.8. The third-order valence-corrected chi connectivity index (χ3v) is 15.2. The zero-order valence-electron chi connectivity index (χ0n) is 52.6. The SMILES string of the molecule is CC/C=C\C/C=C\C/C=C\C/C=C\C/C=C\CCCCCCCCCC(=O)OC(COC(=O)CCCCCCC)COC(=O)CCCCCCCCCCCCCCCCCCCCCCC/C=C\CCCCCCCCCC. The van der Waals surface area contributed by atoms with Gasteiger partial charge in [-0.25, -0.2) is 0 Å². The number of ether oxygens (including phenoxy) is 3. The Labute approximate surface area is 491 Å². The summed E-state index contributed by atoms with van der Waals surface area (Å²) in [5.74, 6) is -0.888. The van der Waals surface area contributed by atoms with Gasteiger partial charge in [0, 0.05) is 19.3 Å². The molecule has 0 saturated heterocycles. The highest BCUT2D eigenvalue weighted by atomic mass is 16.6. The summed E-state index contributed by atoms with van der Waals surface area (Å²) in [5.41, 5.74) is 0. The fraction of sp³-hybridized carbons (Fsp3) is 0.795. The zero-order valence-corrected chi connectivity index (χ0v) is 52.6. The quantitative estimate of drug-likeness (QED) is 0.0261. The molecule has 6 nitrogen and oxygen atoms in total. The number of hydrogen-bond donors (Lipinski definition) is 0. The van der Waals surface area contributed by atoms with Crippen molar-refractivity contribution < 1.29 is 28.6 Å². The lowest BCUT2D eigenvalue weighted by Gasteiger charge is -2.18. The van der Waals surface area contributed by atoms with Gasteiger partial charge in [-0.2, -0.15) is 0 Å².